The molecule has 0 aliphatic heterocycles. The number of nitro benzene ring substituents is 1. The molecule has 1 amide bonds. The fraction of sp³-hybridized carbons (Fsp3) is 0.345. The number of carboxylic acid groups (broad SMARTS) is 1. The molecule has 0 aliphatic carbocycles. The molecule has 10 nitrogen and oxygen atoms in total. The van der Waals surface area contributed by atoms with Crippen LogP contribution >= 0.6 is 0 Å². The molecule has 3 aromatic rings. The molecule has 0 aliphatic rings. The van der Waals surface area contributed by atoms with Crippen molar-refractivity contribution in [3.63, 3.8) is 0 Å². The quantitative estimate of drug-likeness (QED) is 0.141. The van der Waals surface area contributed by atoms with E-state index in [9.17, 15) is 33.5 Å². The Labute approximate surface area is 234 Å². The number of carbonyl (C=O) groups is 1. The van der Waals surface area contributed by atoms with Gasteiger partial charge in [0.15, 0.2) is 0 Å². The van der Waals surface area contributed by atoms with Gasteiger partial charge >= 0.3 is 6.09 Å². The summed E-state index contributed by atoms with van der Waals surface area (Å²) in [6.07, 6.45) is -0.692. The molecule has 3 aromatic carbocycles. The minimum absolute atomic E-state index is 0.0636. The Morgan fingerprint density at radius 2 is 1.62 bits per heavy atom. The van der Waals surface area contributed by atoms with E-state index >= 15 is 0 Å². The van der Waals surface area contributed by atoms with Crippen LogP contribution in [0.2, 0.25) is 0 Å². The first-order chi connectivity index (χ1) is 18.9. The Bertz CT molecular complexity index is 1400. The summed E-state index contributed by atoms with van der Waals surface area (Å²) in [6, 6.07) is 21.3. The first-order valence-corrected chi connectivity index (χ1v) is 14.5. The number of sulfonamides is 1. The van der Waals surface area contributed by atoms with Crippen molar-refractivity contribution in [2.45, 2.75) is 56.7 Å². The average molecular weight is 570 g/mol. The molecule has 0 fully saturated rings. The first-order valence-electron chi connectivity index (χ1n) is 13.0. The molecule has 1 unspecified atom stereocenters. The van der Waals surface area contributed by atoms with Gasteiger partial charge in [-0.2, -0.15) is 0 Å². The maximum absolute atomic E-state index is 13.3. The predicted molar refractivity (Wildman–Crippen MR) is 151 cm³/mol. The molecule has 3 rings (SSSR count). The van der Waals surface area contributed by atoms with Crippen molar-refractivity contribution in [2.75, 3.05) is 6.54 Å². The fourth-order valence-corrected chi connectivity index (χ4v) is 5.72. The van der Waals surface area contributed by atoms with Crippen LogP contribution in [0.15, 0.2) is 83.8 Å². The second-order valence-corrected chi connectivity index (χ2v) is 11.9. The van der Waals surface area contributed by atoms with Gasteiger partial charge < -0.3 is 10.2 Å². The summed E-state index contributed by atoms with van der Waals surface area (Å²) in [5.41, 5.74) is -0.475. The lowest BCUT2D eigenvalue weighted by atomic mass is 9.97. The number of non-ortho nitro benzene ring substituents is 1. The smallest absolute Gasteiger partial charge is 0.409 e. The maximum atomic E-state index is 13.3. The van der Waals surface area contributed by atoms with E-state index < -0.39 is 26.8 Å². The molecule has 0 spiro atoms. The average Bonchev–Trinajstić information content (AvgIpc) is 2.91. The Balaban J connectivity index is 1.88. The molecule has 11 heteroatoms. The molecule has 40 heavy (non-hydrogen) atoms. The lowest BCUT2D eigenvalue weighted by Gasteiger charge is -2.38. The Hall–Kier alpha value is -3.80. The number of amides is 1. The summed E-state index contributed by atoms with van der Waals surface area (Å²) in [5.74, 6) is 0.252. The monoisotopic (exact) mass is 569 g/mol. The van der Waals surface area contributed by atoms with Crippen LogP contribution in [-0.2, 0) is 29.4 Å². The van der Waals surface area contributed by atoms with Gasteiger partial charge in [0, 0.05) is 31.5 Å². The SMILES string of the molecule is CC(C)CCc1cc([N+](=O)[O-])ccc1S(=O)(=O)NCCC(O)(Cc1ccccc1)N(Cc1ccccc1)C(=O)O. The highest BCUT2D eigenvalue weighted by Gasteiger charge is 2.38. The Kier molecular flexibility index (Phi) is 10.4. The second-order valence-electron chi connectivity index (χ2n) is 10.1. The van der Waals surface area contributed by atoms with Crippen molar-refractivity contribution in [3.05, 3.63) is 106 Å². The zero-order valence-corrected chi connectivity index (χ0v) is 23.4. The van der Waals surface area contributed by atoms with E-state index in [1.807, 2.05) is 13.8 Å². The van der Waals surface area contributed by atoms with Crippen LogP contribution in [0, 0.1) is 16.0 Å². The van der Waals surface area contributed by atoms with Crippen molar-refractivity contribution in [1.29, 1.82) is 0 Å². The third-order valence-electron chi connectivity index (χ3n) is 6.60. The molecule has 0 radical (unpaired) electrons. The third kappa shape index (κ3) is 8.35. The summed E-state index contributed by atoms with van der Waals surface area (Å²) in [6.45, 7) is 3.57. The van der Waals surface area contributed by atoms with Crippen molar-refractivity contribution in [2.24, 2.45) is 5.92 Å². The number of aliphatic hydroxyl groups is 1. The topological polar surface area (TPSA) is 150 Å². The highest BCUT2D eigenvalue weighted by molar-refractivity contribution is 7.89. The Morgan fingerprint density at radius 3 is 2.17 bits per heavy atom. The van der Waals surface area contributed by atoms with Crippen LogP contribution in [0.1, 0.15) is 43.4 Å². The number of rotatable bonds is 14. The van der Waals surface area contributed by atoms with Gasteiger partial charge in [-0.3, -0.25) is 15.0 Å². The molecule has 1 atom stereocenters. The molecule has 0 heterocycles. The summed E-state index contributed by atoms with van der Waals surface area (Å²) >= 11 is 0. The van der Waals surface area contributed by atoms with Gasteiger partial charge in [-0.15, -0.1) is 0 Å². The number of benzene rings is 3. The number of nitrogens with zero attached hydrogens (tertiary/aromatic N) is 2. The number of nitro groups is 1. The molecule has 0 saturated heterocycles. The van der Waals surface area contributed by atoms with Crippen LogP contribution in [0.3, 0.4) is 0 Å². The predicted octanol–water partition coefficient (Wildman–Crippen LogP) is 4.96. The standard InChI is InChI=1S/C29H35N3O7S/c1-22(2)13-14-25-19-26(32(36)37)15-16-27(25)40(38,39)30-18-17-29(35,20-23-9-5-3-6-10-23)31(28(33)34)21-24-11-7-4-8-12-24/h3-12,15-16,19,22,30,35H,13-14,17-18,20-21H2,1-2H3,(H,33,34). The minimum atomic E-state index is -4.13. The van der Waals surface area contributed by atoms with E-state index in [0.29, 0.717) is 29.5 Å². The molecular formula is C29H35N3O7S. The van der Waals surface area contributed by atoms with Gasteiger partial charge in [-0.1, -0.05) is 74.5 Å². The lowest BCUT2D eigenvalue weighted by Crippen LogP contribution is -2.54. The van der Waals surface area contributed by atoms with Crippen LogP contribution < -0.4 is 4.72 Å². The molecule has 3 N–H and O–H groups in total. The van der Waals surface area contributed by atoms with Crippen LogP contribution in [-0.4, -0.2) is 46.8 Å². The highest BCUT2D eigenvalue weighted by Crippen LogP contribution is 2.27. The number of hydrogen-bond acceptors (Lipinski definition) is 6. The van der Waals surface area contributed by atoms with Crippen LogP contribution in [0.4, 0.5) is 10.5 Å². The van der Waals surface area contributed by atoms with Crippen molar-refractivity contribution < 1.29 is 28.3 Å². The first kappa shape index (κ1) is 30.7. The summed E-state index contributed by atoms with van der Waals surface area (Å²) in [5, 5.41) is 33.1. The zero-order valence-electron chi connectivity index (χ0n) is 22.6. The van der Waals surface area contributed by atoms with Gasteiger partial charge in [-0.25, -0.2) is 17.9 Å². The van der Waals surface area contributed by atoms with Crippen LogP contribution in [0.25, 0.3) is 0 Å². The van der Waals surface area contributed by atoms with Gasteiger partial charge in [0.2, 0.25) is 10.0 Å². The van der Waals surface area contributed by atoms with Crippen molar-refractivity contribution in [3.8, 4) is 0 Å². The van der Waals surface area contributed by atoms with E-state index in [1.165, 1.54) is 12.1 Å². The largest absolute Gasteiger partial charge is 0.465 e. The molecule has 0 aromatic heterocycles. The fourth-order valence-electron chi connectivity index (χ4n) is 4.44. The van der Waals surface area contributed by atoms with E-state index in [4.69, 9.17) is 0 Å². The molecule has 0 bridgehead atoms. The van der Waals surface area contributed by atoms with Gasteiger partial charge in [0.25, 0.3) is 5.69 Å². The van der Waals surface area contributed by atoms with E-state index in [-0.39, 0.29) is 42.4 Å². The number of nitrogens with one attached hydrogen (secondary N) is 1. The number of aryl methyl sites for hydroxylation is 1. The van der Waals surface area contributed by atoms with Gasteiger partial charge in [-0.05, 0) is 41.5 Å². The normalized spacial score (nSPS) is 13.1. The second kappa shape index (κ2) is 13.5. The van der Waals surface area contributed by atoms with Crippen molar-refractivity contribution >= 4 is 21.8 Å². The molecule has 214 valence electrons. The Morgan fingerprint density at radius 1 is 1.02 bits per heavy atom. The minimum Gasteiger partial charge on any atom is -0.465 e. The lowest BCUT2D eigenvalue weighted by molar-refractivity contribution is -0.385. The molecule has 0 saturated carbocycles. The van der Waals surface area contributed by atoms with E-state index in [2.05, 4.69) is 4.72 Å². The highest BCUT2D eigenvalue weighted by atomic mass is 32.2. The van der Waals surface area contributed by atoms with E-state index in [1.54, 1.807) is 60.7 Å². The van der Waals surface area contributed by atoms with E-state index in [0.717, 1.165) is 11.0 Å². The summed E-state index contributed by atoms with van der Waals surface area (Å²) < 4.78 is 29.1. The van der Waals surface area contributed by atoms with Gasteiger partial charge in [0.05, 0.1) is 16.4 Å². The summed E-state index contributed by atoms with van der Waals surface area (Å²) in [4.78, 5) is 23.9. The zero-order chi connectivity index (χ0) is 29.3. The van der Waals surface area contributed by atoms with Crippen LogP contribution in [0.5, 0.6) is 0 Å². The van der Waals surface area contributed by atoms with Gasteiger partial charge in [0.1, 0.15) is 5.72 Å². The summed E-state index contributed by atoms with van der Waals surface area (Å²) in [7, 11) is -4.13. The maximum Gasteiger partial charge on any atom is 0.409 e. The third-order valence-corrected chi connectivity index (χ3v) is 8.16. The number of hydrogen-bond donors (Lipinski definition) is 3. The molecular weight excluding hydrogens is 534 g/mol. The van der Waals surface area contributed by atoms with Crippen molar-refractivity contribution in [1.82, 2.24) is 9.62 Å².